The summed E-state index contributed by atoms with van der Waals surface area (Å²) >= 11 is 0. The number of fused-ring (bicyclic) bond motifs is 1. The average molecular weight is 383 g/mol. The minimum absolute atomic E-state index is 0.101. The number of hydrogen-bond acceptors (Lipinski definition) is 7. The first-order valence-electron chi connectivity index (χ1n) is 9.34. The Hall–Kier alpha value is -2.94. The highest BCUT2D eigenvalue weighted by Gasteiger charge is 2.37. The van der Waals surface area contributed by atoms with Gasteiger partial charge in [-0.2, -0.15) is 10.0 Å². The van der Waals surface area contributed by atoms with Crippen molar-refractivity contribution in [1.29, 1.82) is 0 Å². The summed E-state index contributed by atoms with van der Waals surface area (Å²) in [5.41, 5.74) is 0.520. The van der Waals surface area contributed by atoms with Gasteiger partial charge in [0.1, 0.15) is 17.1 Å². The smallest absolute Gasteiger partial charge is 0.181 e. The van der Waals surface area contributed by atoms with Gasteiger partial charge in [0.2, 0.25) is 0 Å². The number of nitroso groups, excluding NO2 is 1. The van der Waals surface area contributed by atoms with Crippen molar-refractivity contribution in [2.45, 2.75) is 31.8 Å². The molecule has 3 aromatic rings. The number of piperazine rings is 1. The van der Waals surface area contributed by atoms with Gasteiger partial charge in [0.15, 0.2) is 11.5 Å². The summed E-state index contributed by atoms with van der Waals surface area (Å²) in [4.78, 5) is 22.2. The normalized spacial score (nSPS) is 19.5. The maximum atomic E-state index is 14.6. The van der Waals surface area contributed by atoms with Gasteiger partial charge in [-0.3, -0.25) is 5.10 Å². The molecule has 9 heteroatoms. The van der Waals surface area contributed by atoms with E-state index >= 15 is 0 Å². The van der Waals surface area contributed by atoms with Crippen LogP contribution >= 0.6 is 0 Å². The Bertz CT molecular complexity index is 1010. The Labute approximate surface area is 161 Å². The van der Waals surface area contributed by atoms with Crippen LogP contribution in [-0.2, 0) is 0 Å². The van der Waals surface area contributed by atoms with E-state index in [0.717, 1.165) is 0 Å². The molecule has 1 aliphatic heterocycles. The van der Waals surface area contributed by atoms with Gasteiger partial charge in [-0.25, -0.2) is 14.4 Å². The maximum Gasteiger partial charge on any atom is 0.181 e. The summed E-state index contributed by atoms with van der Waals surface area (Å²) in [7, 11) is 0. The molecule has 2 unspecified atom stereocenters. The Balaban J connectivity index is 1.68. The van der Waals surface area contributed by atoms with E-state index in [2.05, 4.69) is 35.6 Å². The molecule has 0 amide bonds. The highest BCUT2D eigenvalue weighted by molar-refractivity contribution is 5.89. The zero-order chi connectivity index (χ0) is 19.7. The number of nitrogens with zero attached hydrogens (tertiary/aromatic N) is 5. The number of pyridine rings is 2. The molecule has 0 aliphatic carbocycles. The third-order valence-corrected chi connectivity index (χ3v) is 5.57. The fourth-order valence-electron chi connectivity index (χ4n) is 3.56. The van der Waals surface area contributed by atoms with Gasteiger partial charge in [-0.05, 0) is 37.6 Å². The number of hydrogen-bond donors (Lipinski definition) is 2. The maximum absolute atomic E-state index is 14.6. The SMILES string of the molecule is CCC(C)(N=O)C1CN(c2ccc(F)c(-c3[nH]nc4ncccc34)n2)CCN1. The second-order valence-electron chi connectivity index (χ2n) is 7.23. The number of anilines is 1. The highest BCUT2D eigenvalue weighted by atomic mass is 19.1. The minimum atomic E-state index is -0.702. The zero-order valence-electron chi connectivity index (χ0n) is 15.8. The van der Waals surface area contributed by atoms with Crippen molar-refractivity contribution < 1.29 is 4.39 Å². The Morgan fingerprint density at radius 3 is 3.04 bits per heavy atom. The van der Waals surface area contributed by atoms with Gasteiger partial charge in [0.25, 0.3) is 0 Å². The lowest BCUT2D eigenvalue weighted by Gasteiger charge is -2.40. The van der Waals surface area contributed by atoms with Gasteiger partial charge in [0, 0.05) is 31.2 Å². The predicted molar refractivity (Wildman–Crippen MR) is 106 cm³/mol. The van der Waals surface area contributed by atoms with Crippen molar-refractivity contribution in [1.82, 2.24) is 25.5 Å². The summed E-state index contributed by atoms with van der Waals surface area (Å²) in [5, 5.41) is 14.4. The molecule has 1 fully saturated rings. The fraction of sp³-hybridized carbons (Fsp3) is 0.421. The van der Waals surface area contributed by atoms with Crippen molar-refractivity contribution in [2.75, 3.05) is 24.5 Å². The highest BCUT2D eigenvalue weighted by Crippen LogP contribution is 2.29. The molecule has 4 rings (SSSR count). The fourth-order valence-corrected chi connectivity index (χ4v) is 3.56. The van der Waals surface area contributed by atoms with E-state index in [1.165, 1.54) is 6.07 Å². The van der Waals surface area contributed by atoms with Crippen molar-refractivity contribution in [3.8, 4) is 11.4 Å². The van der Waals surface area contributed by atoms with E-state index < -0.39 is 11.4 Å². The molecule has 0 radical (unpaired) electrons. The summed E-state index contributed by atoms with van der Waals surface area (Å²) in [6.07, 6.45) is 2.27. The number of nitrogens with one attached hydrogen (secondary N) is 2. The molecule has 0 spiro atoms. The zero-order valence-corrected chi connectivity index (χ0v) is 15.8. The standard InChI is InChI=1S/C19H22FN7O/c1-3-19(2,26-28)14-11-27(10-9-21-14)15-7-6-13(20)17(23-15)16-12-5-4-8-22-18(12)25-24-16/h4-8,14,21H,3,9-11H2,1-2H3,(H,22,24,25). The van der Waals surface area contributed by atoms with Gasteiger partial charge >= 0.3 is 0 Å². The average Bonchev–Trinajstić information content (AvgIpc) is 3.17. The summed E-state index contributed by atoms with van der Waals surface area (Å²) in [6.45, 7) is 5.78. The summed E-state index contributed by atoms with van der Waals surface area (Å²) in [6, 6.07) is 6.58. The first kappa shape index (κ1) is 18.4. The first-order valence-corrected chi connectivity index (χ1v) is 9.34. The van der Waals surface area contributed by atoms with Gasteiger partial charge < -0.3 is 10.2 Å². The largest absolute Gasteiger partial charge is 0.354 e. The van der Waals surface area contributed by atoms with Crippen LogP contribution in [0.25, 0.3) is 22.4 Å². The minimum Gasteiger partial charge on any atom is -0.354 e. The second kappa shape index (κ2) is 7.23. The van der Waals surface area contributed by atoms with Gasteiger partial charge in [-0.15, -0.1) is 0 Å². The van der Waals surface area contributed by atoms with Gasteiger partial charge in [0.05, 0.1) is 11.7 Å². The third-order valence-electron chi connectivity index (χ3n) is 5.57. The summed E-state index contributed by atoms with van der Waals surface area (Å²) < 4.78 is 14.6. The van der Waals surface area contributed by atoms with E-state index in [1.807, 2.05) is 19.9 Å². The lowest BCUT2D eigenvalue weighted by atomic mass is 9.89. The Kier molecular flexibility index (Phi) is 4.76. The molecule has 4 heterocycles. The monoisotopic (exact) mass is 383 g/mol. The molecule has 2 N–H and O–H groups in total. The molecule has 2 atom stereocenters. The van der Waals surface area contributed by atoms with Crippen LogP contribution in [0.1, 0.15) is 20.3 Å². The van der Waals surface area contributed by atoms with Crippen molar-refractivity contribution in [2.24, 2.45) is 5.18 Å². The molecule has 0 bridgehead atoms. The molecule has 1 aliphatic rings. The molecule has 146 valence electrons. The number of aromatic amines is 1. The Morgan fingerprint density at radius 2 is 2.25 bits per heavy atom. The molecule has 0 saturated carbocycles. The molecular formula is C19H22FN7O. The third kappa shape index (κ3) is 3.11. The second-order valence-corrected chi connectivity index (χ2v) is 7.23. The van der Waals surface area contributed by atoms with Crippen LogP contribution in [0.4, 0.5) is 10.2 Å². The number of H-pyrrole nitrogens is 1. The molecule has 3 aromatic heterocycles. The van der Waals surface area contributed by atoms with Crippen molar-refractivity contribution in [3.05, 3.63) is 41.2 Å². The van der Waals surface area contributed by atoms with Gasteiger partial charge in [-0.1, -0.05) is 12.1 Å². The van der Waals surface area contributed by atoms with E-state index in [-0.39, 0.29) is 11.7 Å². The lowest BCUT2D eigenvalue weighted by Crippen LogP contribution is -2.59. The molecule has 1 saturated heterocycles. The quantitative estimate of drug-likeness (QED) is 0.657. The van der Waals surface area contributed by atoms with Crippen LogP contribution in [0.2, 0.25) is 0 Å². The number of aromatic nitrogens is 4. The van der Waals surface area contributed by atoms with Crippen LogP contribution in [0, 0.1) is 10.7 Å². The topological polar surface area (TPSA) is 99.2 Å². The lowest BCUT2D eigenvalue weighted by molar-refractivity contribution is 0.290. The van der Waals surface area contributed by atoms with Crippen LogP contribution < -0.4 is 10.2 Å². The van der Waals surface area contributed by atoms with Crippen LogP contribution in [0.5, 0.6) is 0 Å². The predicted octanol–water partition coefficient (Wildman–Crippen LogP) is 2.87. The molecule has 0 aromatic carbocycles. The molecule has 28 heavy (non-hydrogen) atoms. The van der Waals surface area contributed by atoms with E-state index in [4.69, 9.17) is 0 Å². The number of rotatable bonds is 5. The van der Waals surface area contributed by atoms with Crippen LogP contribution in [0.3, 0.4) is 0 Å². The van der Waals surface area contributed by atoms with Crippen LogP contribution in [0.15, 0.2) is 35.6 Å². The van der Waals surface area contributed by atoms with E-state index in [1.54, 1.807) is 18.3 Å². The first-order chi connectivity index (χ1) is 13.6. The molecule has 8 nitrogen and oxygen atoms in total. The van der Waals surface area contributed by atoms with Crippen LogP contribution in [-0.4, -0.2) is 51.4 Å². The Morgan fingerprint density at radius 1 is 1.39 bits per heavy atom. The summed E-state index contributed by atoms with van der Waals surface area (Å²) in [5.74, 6) is 0.219. The van der Waals surface area contributed by atoms with E-state index in [9.17, 15) is 9.30 Å². The van der Waals surface area contributed by atoms with Crippen molar-refractivity contribution >= 4 is 16.9 Å². The van der Waals surface area contributed by atoms with E-state index in [0.29, 0.717) is 48.6 Å². The van der Waals surface area contributed by atoms with Crippen molar-refractivity contribution in [3.63, 3.8) is 0 Å². The molecular weight excluding hydrogens is 361 g/mol. The number of halogens is 1.